The molecule has 1 aliphatic rings. The van der Waals surface area contributed by atoms with Gasteiger partial charge in [0.1, 0.15) is 5.60 Å². The van der Waals surface area contributed by atoms with E-state index in [1.54, 1.807) is 12.4 Å². The van der Waals surface area contributed by atoms with Crippen LogP contribution in [0.15, 0.2) is 42.7 Å². The molecule has 4 nitrogen and oxygen atoms in total. The highest BCUT2D eigenvalue weighted by Crippen LogP contribution is 2.30. The van der Waals surface area contributed by atoms with Crippen LogP contribution in [0.5, 0.6) is 0 Å². The Morgan fingerprint density at radius 1 is 1.09 bits per heavy atom. The van der Waals surface area contributed by atoms with Crippen LogP contribution < -0.4 is 0 Å². The van der Waals surface area contributed by atoms with Gasteiger partial charge in [0.25, 0.3) is 0 Å². The van der Waals surface area contributed by atoms with Gasteiger partial charge < -0.3 is 14.4 Å². The fourth-order valence-electron chi connectivity index (χ4n) is 2.78. The Labute approximate surface area is 143 Å². The van der Waals surface area contributed by atoms with Crippen LogP contribution >= 0.6 is 23.2 Å². The maximum absolute atomic E-state index is 10.3. The molecular weight excluding hydrogens is 335 g/mol. The molecule has 6 heteroatoms. The molecular formula is C17H14Cl2N2O2. The molecule has 1 aromatic heterocycles. The molecule has 0 bridgehead atoms. The number of aromatic nitrogens is 2. The first kappa shape index (κ1) is 15.0. The largest absolute Gasteiger partial charge is 0.383 e. The quantitative estimate of drug-likeness (QED) is 0.783. The zero-order valence-corrected chi connectivity index (χ0v) is 13.7. The van der Waals surface area contributed by atoms with Gasteiger partial charge in [0.15, 0.2) is 0 Å². The van der Waals surface area contributed by atoms with Gasteiger partial charge in [-0.05, 0) is 35.4 Å². The minimum absolute atomic E-state index is 0.360. The molecule has 1 aliphatic heterocycles. The summed E-state index contributed by atoms with van der Waals surface area (Å²) in [7, 11) is 0. The van der Waals surface area contributed by atoms with Crippen LogP contribution in [0.2, 0.25) is 10.0 Å². The van der Waals surface area contributed by atoms with Crippen LogP contribution in [0, 0.1) is 0 Å². The number of fused-ring (bicyclic) bond motifs is 1. The average Bonchev–Trinajstić information content (AvgIpc) is 2.91. The molecule has 2 heterocycles. The van der Waals surface area contributed by atoms with Crippen LogP contribution in [-0.4, -0.2) is 33.5 Å². The number of nitrogens with zero attached hydrogens (tertiary/aromatic N) is 2. The Balaban J connectivity index is 1.75. The van der Waals surface area contributed by atoms with Crippen molar-refractivity contribution in [3.8, 4) is 11.1 Å². The van der Waals surface area contributed by atoms with Crippen molar-refractivity contribution < 1.29 is 9.84 Å². The summed E-state index contributed by atoms with van der Waals surface area (Å²) < 4.78 is 7.06. The van der Waals surface area contributed by atoms with Crippen molar-refractivity contribution in [2.24, 2.45) is 0 Å². The number of aliphatic hydroxyl groups is 1. The molecule has 1 saturated heterocycles. The van der Waals surface area contributed by atoms with Crippen molar-refractivity contribution in [3.63, 3.8) is 0 Å². The third-order valence-corrected chi connectivity index (χ3v) is 4.82. The van der Waals surface area contributed by atoms with Crippen LogP contribution in [-0.2, 0) is 11.3 Å². The van der Waals surface area contributed by atoms with Crippen molar-refractivity contribution in [2.75, 3.05) is 13.2 Å². The van der Waals surface area contributed by atoms with E-state index in [4.69, 9.17) is 27.9 Å². The maximum atomic E-state index is 10.3. The van der Waals surface area contributed by atoms with Gasteiger partial charge >= 0.3 is 0 Å². The predicted octanol–water partition coefficient (Wildman–Crippen LogP) is 3.77. The van der Waals surface area contributed by atoms with Crippen molar-refractivity contribution in [1.82, 2.24) is 9.55 Å². The summed E-state index contributed by atoms with van der Waals surface area (Å²) in [5.74, 6) is 0. The molecule has 0 saturated carbocycles. The lowest BCUT2D eigenvalue weighted by molar-refractivity contribution is -0.184. The van der Waals surface area contributed by atoms with Crippen LogP contribution in [0.1, 0.15) is 0 Å². The number of rotatable bonds is 3. The van der Waals surface area contributed by atoms with E-state index in [-0.39, 0.29) is 0 Å². The minimum atomic E-state index is -0.798. The van der Waals surface area contributed by atoms with Gasteiger partial charge in [-0.2, -0.15) is 0 Å². The number of hydrogen-bond donors (Lipinski definition) is 1. The van der Waals surface area contributed by atoms with Crippen molar-refractivity contribution >= 4 is 34.2 Å². The molecule has 0 radical (unpaired) electrons. The van der Waals surface area contributed by atoms with E-state index in [1.807, 2.05) is 34.9 Å². The fraction of sp³-hybridized carbons (Fsp3) is 0.235. The monoisotopic (exact) mass is 348 g/mol. The summed E-state index contributed by atoms with van der Waals surface area (Å²) in [6, 6.07) is 11.6. The number of imidazole rings is 1. The van der Waals surface area contributed by atoms with Gasteiger partial charge in [0.2, 0.25) is 0 Å². The molecule has 0 aliphatic carbocycles. The molecule has 0 amide bonds. The zero-order chi connectivity index (χ0) is 16.0. The lowest BCUT2D eigenvalue weighted by Gasteiger charge is -2.36. The number of hydrogen-bond acceptors (Lipinski definition) is 3. The standard InChI is InChI=1S/C17H14Cl2N2O2/c18-13-3-1-11(5-14(13)19)12-2-4-15-16(6-12)21(10-20-15)7-17(22)8-23-9-17/h1-6,10,22H,7-9H2. The Morgan fingerprint density at radius 3 is 2.52 bits per heavy atom. The zero-order valence-electron chi connectivity index (χ0n) is 12.2. The second-order valence-electron chi connectivity index (χ2n) is 5.92. The van der Waals surface area contributed by atoms with E-state index in [2.05, 4.69) is 4.98 Å². The van der Waals surface area contributed by atoms with Crippen LogP contribution in [0.3, 0.4) is 0 Å². The Hall–Kier alpha value is -1.59. The molecule has 0 spiro atoms. The Morgan fingerprint density at radius 2 is 1.83 bits per heavy atom. The highest BCUT2D eigenvalue weighted by molar-refractivity contribution is 6.42. The van der Waals surface area contributed by atoms with E-state index in [0.717, 1.165) is 22.2 Å². The van der Waals surface area contributed by atoms with E-state index in [1.165, 1.54) is 0 Å². The van der Waals surface area contributed by atoms with Gasteiger partial charge in [-0.15, -0.1) is 0 Å². The predicted molar refractivity (Wildman–Crippen MR) is 91.0 cm³/mol. The fourth-order valence-corrected chi connectivity index (χ4v) is 3.08. The first-order valence-electron chi connectivity index (χ1n) is 7.25. The van der Waals surface area contributed by atoms with Crippen LogP contribution in [0.25, 0.3) is 22.2 Å². The molecule has 3 aromatic rings. The SMILES string of the molecule is OC1(Cn2cnc3ccc(-c4ccc(Cl)c(Cl)c4)cc32)COC1. The molecule has 23 heavy (non-hydrogen) atoms. The highest BCUT2D eigenvalue weighted by Gasteiger charge is 2.36. The van der Waals surface area contributed by atoms with Gasteiger partial charge in [0.05, 0.1) is 47.2 Å². The van der Waals surface area contributed by atoms with Crippen molar-refractivity contribution in [3.05, 3.63) is 52.8 Å². The number of ether oxygens (including phenoxy) is 1. The van der Waals surface area contributed by atoms with Crippen molar-refractivity contribution in [1.29, 1.82) is 0 Å². The molecule has 2 aromatic carbocycles. The van der Waals surface area contributed by atoms with Gasteiger partial charge in [0, 0.05) is 0 Å². The Kier molecular flexibility index (Phi) is 3.58. The molecule has 0 unspecified atom stereocenters. The topological polar surface area (TPSA) is 47.3 Å². The summed E-state index contributed by atoms with van der Waals surface area (Å²) in [4.78, 5) is 4.39. The summed E-state index contributed by atoms with van der Waals surface area (Å²) in [5.41, 5.74) is 3.06. The average molecular weight is 349 g/mol. The van der Waals surface area contributed by atoms with E-state index >= 15 is 0 Å². The van der Waals surface area contributed by atoms with E-state index in [9.17, 15) is 5.11 Å². The lowest BCUT2D eigenvalue weighted by atomic mass is 10.0. The smallest absolute Gasteiger partial charge is 0.129 e. The van der Waals surface area contributed by atoms with Crippen molar-refractivity contribution in [2.45, 2.75) is 12.1 Å². The van der Waals surface area contributed by atoms with E-state index in [0.29, 0.717) is 29.8 Å². The van der Waals surface area contributed by atoms with E-state index < -0.39 is 5.60 Å². The second kappa shape index (κ2) is 5.49. The van der Waals surface area contributed by atoms with Gasteiger partial charge in [-0.3, -0.25) is 0 Å². The molecule has 1 fully saturated rings. The lowest BCUT2D eigenvalue weighted by Crippen LogP contribution is -2.52. The molecule has 118 valence electrons. The summed E-state index contributed by atoms with van der Waals surface area (Å²) in [5, 5.41) is 11.4. The maximum Gasteiger partial charge on any atom is 0.129 e. The first-order chi connectivity index (χ1) is 11.0. The molecule has 1 N–H and O–H groups in total. The summed E-state index contributed by atoms with van der Waals surface area (Å²) in [6.07, 6.45) is 1.75. The minimum Gasteiger partial charge on any atom is -0.383 e. The molecule has 4 rings (SSSR count). The van der Waals surface area contributed by atoms with Crippen LogP contribution in [0.4, 0.5) is 0 Å². The normalized spacial score (nSPS) is 16.5. The highest BCUT2D eigenvalue weighted by atomic mass is 35.5. The second-order valence-corrected chi connectivity index (χ2v) is 6.74. The summed E-state index contributed by atoms with van der Waals surface area (Å²) in [6.45, 7) is 1.19. The number of halogens is 2. The summed E-state index contributed by atoms with van der Waals surface area (Å²) >= 11 is 12.1. The molecule has 0 atom stereocenters. The third kappa shape index (κ3) is 2.72. The van der Waals surface area contributed by atoms with Gasteiger partial charge in [-0.25, -0.2) is 4.98 Å². The van der Waals surface area contributed by atoms with Gasteiger partial charge in [-0.1, -0.05) is 35.3 Å². The first-order valence-corrected chi connectivity index (χ1v) is 8.00. The number of benzene rings is 2. The third-order valence-electron chi connectivity index (χ3n) is 4.08. The Bertz CT molecular complexity index is 887.